The number of carbonyl (C=O) groups excluding carboxylic acids is 1. The molecule has 0 bridgehead atoms. The molecule has 0 aromatic carbocycles. The van der Waals surface area contributed by atoms with Crippen LogP contribution in [0.4, 0.5) is 0 Å². The molecule has 1 rings (SSSR count). The molecule has 0 aromatic rings. The molecule has 0 unspecified atom stereocenters. The van der Waals surface area contributed by atoms with E-state index in [1.165, 1.54) is 50.0 Å². The molecule has 1 aliphatic carbocycles. The van der Waals surface area contributed by atoms with Gasteiger partial charge >= 0.3 is 0 Å². The first-order chi connectivity index (χ1) is 7.20. The van der Waals surface area contributed by atoms with Crippen LogP contribution < -0.4 is 5.84 Å². The molecule has 1 amide bonds. The number of amides is 1. The van der Waals surface area contributed by atoms with Gasteiger partial charge < -0.3 is 0 Å². The summed E-state index contributed by atoms with van der Waals surface area (Å²) in [5.74, 6) is 6.33. The highest BCUT2D eigenvalue weighted by molar-refractivity contribution is 5.75. The molecule has 3 heteroatoms. The third-order valence-corrected chi connectivity index (χ3v) is 3.37. The summed E-state index contributed by atoms with van der Waals surface area (Å²) in [6.07, 6.45) is 11.2. The number of nitrogens with zero attached hydrogens (tertiary/aromatic N) is 1. The molecule has 15 heavy (non-hydrogen) atoms. The third-order valence-electron chi connectivity index (χ3n) is 3.37. The van der Waals surface area contributed by atoms with Crippen molar-refractivity contribution in [1.29, 1.82) is 0 Å². The van der Waals surface area contributed by atoms with Gasteiger partial charge in [-0.3, -0.25) is 9.80 Å². The number of carbonyl (C=O) groups is 1. The van der Waals surface area contributed by atoms with Crippen molar-refractivity contribution in [3.05, 3.63) is 0 Å². The Morgan fingerprint density at radius 1 is 1.27 bits per heavy atom. The molecule has 0 radical (unpaired) electrons. The number of nitrogens with two attached hydrogens (primary N) is 1. The maximum atomic E-state index is 11.2. The molecule has 1 fully saturated rings. The van der Waals surface area contributed by atoms with E-state index in [0.29, 0.717) is 6.42 Å². The molecule has 0 aliphatic heterocycles. The van der Waals surface area contributed by atoms with Crippen LogP contribution in [0.25, 0.3) is 0 Å². The second-order valence-corrected chi connectivity index (χ2v) is 4.75. The van der Waals surface area contributed by atoms with Crippen LogP contribution in [-0.2, 0) is 4.79 Å². The SMILES string of the molecule is CN(N)C(=O)CCCCC1CCCCC1. The Morgan fingerprint density at radius 3 is 2.53 bits per heavy atom. The normalized spacial score (nSPS) is 17.7. The summed E-state index contributed by atoms with van der Waals surface area (Å²) in [5.41, 5.74) is 0. The zero-order valence-corrected chi connectivity index (χ0v) is 9.87. The molecule has 88 valence electrons. The molecule has 0 atom stereocenters. The van der Waals surface area contributed by atoms with Crippen LogP contribution in [0.1, 0.15) is 57.8 Å². The van der Waals surface area contributed by atoms with Crippen molar-refractivity contribution in [2.75, 3.05) is 7.05 Å². The molecular formula is C12H24N2O. The van der Waals surface area contributed by atoms with E-state index in [0.717, 1.165) is 12.3 Å². The summed E-state index contributed by atoms with van der Waals surface area (Å²) in [4.78, 5) is 11.2. The molecule has 3 nitrogen and oxygen atoms in total. The number of rotatable bonds is 5. The Labute approximate surface area is 93.0 Å². The van der Waals surface area contributed by atoms with Gasteiger partial charge in [0.05, 0.1) is 0 Å². The van der Waals surface area contributed by atoms with Gasteiger partial charge in [0.15, 0.2) is 0 Å². The highest BCUT2D eigenvalue weighted by atomic mass is 16.2. The van der Waals surface area contributed by atoms with Crippen LogP contribution in [-0.4, -0.2) is 18.0 Å². The molecule has 2 N–H and O–H groups in total. The monoisotopic (exact) mass is 212 g/mol. The topological polar surface area (TPSA) is 46.3 Å². The van der Waals surface area contributed by atoms with Gasteiger partial charge in [-0.25, -0.2) is 5.84 Å². The van der Waals surface area contributed by atoms with Crippen LogP contribution in [0.15, 0.2) is 0 Å². The number of hydrazine groups is 1. The van der Waals surface area contributed by atoms with E-state index in [-0.39, 0.29) is 5.91 Å². The zero-order chi connectivity index (χ0) is 11.1. The van der Waals surface area contributed by atoms with E-state index in [1.807, 2.05) is 0 Å². The smallest absolute Gasteiger partial charge is 0.236 e. The average Bonchev–Trinajstić information content (AvgIpc) is 2.25. The van der Waals surface area contributed by atoms with E-state index in [4.69, 9.17) is 5.84 Å². The Hall–Kier alpha value is -0.570. The highest BCUT2D eigenvalue weighted by Crippen LogP contribution is 2.27. The minimum atomic E-state index is 0.0543. The average molecular weight is 212 g/mol. The fraction of sp³-hybridized carbons (Fsp3) is 0.917. The zero-order valence-electron chi connectivity index (χ0n) is 9.87. The summed E-state index contributed by atoms with van der Waals surface area (Å²) in [6, 6.07) is 0. The Morgan fingerprint density at radius 2 is 1.93 bits per heavy atom. The summed E-state index contributed by atoms with van der Waals surface area (Å²) < 4.78 is 0. The second-order valence-electron chi connectivity index (χ2n) is 4.75. The summed E-state index contributed by atoms with van der Waals surface area (Å²) in [7, 11) is 1.61. The standard InChI is InChI=1S/C12H24N2O/c1-14(13)12(15)10-6-5-9-11-7-3-2-4-8-11/h11H,2-10,13H2,1H3. The van der Waals surface area contributed by atoms with Crippen LogP contribution in [0.3, 0.4) is 0 Å². The van der Waals surface area contributed by atoms with Crippen LogP contribution in [0, 0.1) is 5.92 Å². The molecule has 0 spiro atoms. The quantitative estimate of drug-likeness (QED) is 0.329. The predicted molar refractivity (Wildman–Crippen MR) is 62.0 cm³/mol. The van der Waals surface area contributed by atoms with Gasteiger partial charge in [-0.15, -0.1) is 0 Å². The maximum Gasteiger partial charge on any atom is 0.236 e. The van der Waals surface area contributed by atoms with Crippen molar-refractivity contribution < 1.29 is 4.79 Å². The Balaban J connectivity index is 1.98. The van der Waals surface area contributed by atoms with Crippen molar-refractivity contribution in [1.82, 2.24) is 5.01 Å². The van der Waals surface area contributed by atoms with Crippen molar-refractivity contribution in [2.45, 2.75) is 57.8 Å². The third kappa shape index (κ3) is 5.17. The number of hydrogen-bond acceptors (Lipinski definition) is 2. The van der Waals surface area contributed by atoms with E-state index in [2.05, 4.69) is 0 Å². The molecule has 1 saturated carbocycles. The molecule has 1 aliphatic rings. The highest BCUT2D eigenvalue weighted by Gasteiger charge is 2.13. The van der Waals surface area contributed by atoms with E-state index >= 15 is 0 Å². The van der Waals surface area contributed by atoms with Gasteiger partial charge in [0.25, 0.3) is 0 Å². The Kier molecular flexibility index (Phi) is 5.69. The van der Waals surface area contributed by atoms with Crippen LogP contribution in [0.5, 0.6) is 0 Å². The lowest BCUT2D eigenvalue weighted by atomic mass is 9.85. The van der Waals surface area contributed by atoms with Gasteiger partial charge in [0.2, 0.25) is 5.91 Å². The number of hydrogen-bond donors (Lipinski definition) is 1. The van der Waals surface area contributed by atoms with Gasteiger partial charge in [-0.1, -0.05) is 44.9 Å². The van der Waals surface area contributed by atoms with Crippen LogP contribution >= 0.6 is 0 Å². The van der Waals surface area contributed by atoms with Crippen molar-refractivity contribution >= 4 is 5.91 Å². The van der Waals surface area contributed by atoms with Crippen molar-refractivity contribution in [2.24, 2.45) is 11.8 Å². The second kappa shape index (κ2) is 6.83. The van der Waals surface area contributed by atoms with Gasteiger partial charge in [0, 0.05) is 13.5 Å². The molecule has 0 heterocycles. The first-order valence-corrected chi connectivity index (χ1v) is 6.21. The molecule has 0 aromatic heterocycles. The fourth-order valence-corrected chi connectivity index (χ4v) is 2.36. The minimum absolute atomic E-state index is 0.0543. The molecular weight excluding hydrogens is 188 g/mol. The maximum absolute atomic E-state index is 11.2. The summed E-state index contributed by atoms with van der Waals surface area (Å²) >= 11 is 0. The van der Waals surface area contributed by atoms with E-state index < -0.39 is 0 Å². The lowest BCUT2D eigenvalue weighted by molar-refractivity contribution is -0.130. The summed E-state index contributed by atoms with van der Waals surface area (Å²) in [6.45, 7) is 0. The lowest BCUT2D eigenvalue weighted by Crippen LogP contribution is -2.32. The Bertz CT molecular complexity index is 186. The largest absolute Gasteiger partial charge is 0.284 e. The predicted octanol–water partition coefficient (Wildman–Crippen LogP) is 2.46. The number of unbranched alkanes of at least 4 members (excludes halogenated alkanes) is 1. The van der Waals surface area contributed by atoms with Crippen molar-refractivity contribution in [3.8, 4) is 0 Å². The van der Waals surface area contributed by atoms with Gasteiger partial charge in [-0.05, 0) is 12.3 Å². The first kappa shape index (κ1) is 12.5. The van der Waals surface area contributed by atoms with E-state index in [9.17, 15) is 4.79 Å². The summed E-state index contributed by atoms with van der Waals surface area (Å²) in [5, 5.41) is 1.20. The fourth-order valence-electron chi connectivity index (χ4n) is 2.36. The van der Waals surface area contributed by atoms with E-state index in [1.54, 1.807) is 7.05 Å². The van der Waals surface area contributed by atoms with Gasteiger partial charge in [0.1, 0.15) is 0 Å². The van der Waals surface area contributed by atoms with Crippen molar-refractivity contribution in [3.63, 3.8) is 0 Å². The first-order valence-electron chi connectivity index (χ1n) is 6.21. The van der Waals surface area contributed by atoms with Gasteiger partial charge in [-0.2, -0.15) is 0 Å². The van der Waals surface area contributed by atoms with Crippen LogP contribution in [0.2, 0.25) is 0 Å². The lowest BCUT2D eigenvalue weighted by Gasteiger charge is -2.21. The molecule has 0 saturated heterocycles. The minimum Gasteiger partial charge on any atom is -0.284 e.